The minimum atomic E-state index is -1.45. The summed E-state index contributed by atoms with van der Waals surface area (Å²) in [5.74, 6) is -3.50. The molecule has 4 nitrogen and oxygen atoms in total. The maximum absolute atomic E-state index is 13.8. The van der Waals surface area contributed by atoms with Crippen LogP contribution >= 0.6 is 46.4 Å². The summed E-state index contributed by atoms with van der Waals surface area (Å²) in [6, 6.07) is 13.7. The van der Waals surface area contributed by atoms with Crippen molar-refractivity contribution in [3.63, 3.8) is 0 Å². The van der Waals surface area contributed by atoms with Crippen LogP contribution in [0.4, 0.5) is 20.2 Å². The molecule has 3 aromatic carbocycles. The van der Waals surface area contributed by atoms with Gasteiger partial charge in [-0.25, -0.2) is 8.78 Å². The normalized spacial score (nSPS) is 18.3. The van der Waals surface area contributed by atoms with Gasteiger partial charge in [0.2, 0.25) is 5.91 Å². The number of rotatable bonds is 5. The maximum Gasteiger partial charge on any atom is 0.259 e. The van der Waals surface area contributed by atoms with E-state index in [1.54, 1.807) is 0 Å². The highest BCUT2D eigenvalue weighted by Gasteiger charge is 2.67. The first kappa shape index (κ1) is 24.7. The van der Waals surface area contributed by atoms with E-state index < -0.39 is 39.6 Å². The van der Waals surface area contributed by atoms with E-state index in [-0.39, 0.29) is 21.3 Å². The van der Waals surface area contributed by atoms with Gasteiger partial charge >= 0.3 is 0 Å². The number of halogens is 6. The molecule has 0 saturated heterocycles. The van der Waals surface area contributed by atoms with Gasteiger partial charge in [-0.15, -0.1) is 23.2 Å². The third-order valence-electron chi connectivity index (χ3n) is 5.56. The molecular formula is C24H16Cl4F2N2O2. The van der Waals surface area contributed by atoms with Crippen LogP contribution in [0.5, 0.6) is 0 Å². The molecule has 0 unspecified atom stereocenters. The number of carbonyl (C=O) groups is 2. The molecule has 2 atom stereocenters. The Labute approximate surface area is 214 Å². The van der Waals surface area contributed by atoms with Crippen molar-refractivity contribution in [2.75, 3.05) is 17.3 Å². The molecule has 0 aliphatic heterocycles. The molecule has 0 heterocycles. The van der Waals surface area contributed by atoms with E-state index in [1.807, 2.05) is 0 Å². The van der Waals surface area contributed by atoms with Gasteiger partial charge in [-0.1, -0.05) is 23.2 Å². The van der Waals surface area contributed by atoms with E-state index in [0.29, 0.717) is 11.3 Å². The number of alkyl halides is 2. The van der Waals surface area contributed by atoms with Crippen molar-refractivity contribution >= 4 is 69.6 Å². The summed E-state index contributed by atoms with van der Waals surface area (Å²) in [6.07, 6.45) is 0. The topological polar surface area (TPSA) is 49.4 Å². The lowest BCUT2D eigenvalue weighted by atomic mass is 10.1. The maximum atomic E-state index is 13.8. The third-order valence-corrected chi connectivity index (χ3v) is 7.05. The second-order valence-corrected chi connectivity index (χ2v) is 10.1. The highest BCUT2D eigenvalue weighted by atomic mass is 35.5. The van der Waals surface area contributed by atoms with Crippen molar-refractivity contribution in [1.29, 1.82) is 0 Å². The van der Waals surface area contributed by atoms with Gasteiger partial charge in [-0.2, -0.15) is 0 Å². The van der Waals surface area contributed by atoms with Crippen LogP contribution in [0.1, 0.15) is 21.8 Å². The summed E-state index contributed by atoms with van der Waals surface area (Å²) in [5, 5.41) is 3.01. The van der Waals surface area contributed by atoms with Gasteiger partial charge < -0.3 is 10.2 Å². The molecule has 176 valence electrons. The summed E-state index contributed by atoms with van der Waals surface area (Å²) in [6.45, 7) is 0. The molecule has 1 aliphatic rings. The Kier molecular flexibility index (Phi) is 6.80. The van der Waals surface area contributed by atoms with Crippen LogP contribution in [0.3, 0.4) is 0 Å². The van der Waals surface area contributed by atoms with Crippen LogP contribution in [0.25, 0.3) is 0 Å². The van der Waals surface area contributed by atoms with Crippen molar-refractivity contribution < 1.29 is 18.4 Å². The van der Waals surface area contributed by atoms with Crippen LogP contribution < -0.4 is 10.2 Å². The van der Waals surface area contributed by atoms with Crippen molar-refractivity contribution in [2.45, 2.75) is 10.3 Å². The summed E-state index contributed by atoms with van der Waals surface area (Å²) < 4.78 is 25.5. The van der Waals surface area contributed by atoms with Gasteiger partial charge in [0.25, 0.3) is 5.91 Å². The van der Waals surface area contributed by atoms with Gasteiger partial charge in [0.15, 0.2) is 0 Å². The average Bonchev–Trinajstić information content (AvgIpc) is 3.36. The fraction of sp³-hybridized carbons (Fsp3) is 0.167. The first-order valence-corrected chi connectivity index (χ1v) is 11.5. The quantitative estimate of drug-likeness (QED) is 0.350. The molecule has 0 aromatic heterocycles. The first-order valence-electron chi connectivity index (χ1n) is 9.97. The first-order chi connectivity index (χ1) is 16.0. The number of hydrogen-bond acceptors (Lipinski definition) is 2. The molecule has 0 radical (unpaired) electrons. The van der Waals surface area contributed by atoms with E-state index in [2.05, 4.69) is 5.32 Å². The Bertz CT molecular complexity index is 1260. The van der Waals surface area contributed by atoms with E-state index in [1.165, 1.54) is 66.5 Å². The molecule has 0 spiro atoms. The van der Waals surface area contributed by atoms with E-state index in [0.717, 1.165) is 6.07 Å². The Morgan fingerprint density at radius 2 is 1.62 bits per heavy atom. The molecule has 4 rings (SSSR count). The van der Waals surface area contributed by atoms with Gasteiger partial charge in [0.05, 0.1) is 16.5 Å². The largest absolute Gasteiger partial charge is 0.326 e. The number of benzene rings is 3. The molecule has 3 aromatic rings. The highest BCUT2D eigenvalue weighted by molar-refractivity contribution is 6.53. The van der Waals surface area contributed by atoms with Crippen molar-refractivity contribution in [1.82, 2.24) is 0 Å². The van der Waals surface area contributed by atoms with E-state index in [4.69, 9.17) is 46.4 Å². The smallest absolute Gasteiger partial charge is 0.259 e. The van der Waals surface area contributed by atoms with Gasteiger partial charge in [-0.3, -0.25) is 9.59 Å². The Balaban J connectivity index is 1.53. The Morgan fingerprint density at radius 3 is 2.26 bits per heavy atom. The van der Waals surface area contributed by atoms with Crippen molar-refractivity contribution in [3.05, 3.63) is 93.5 Å². The monoisotopic (exact) mass is 542 g/mol. The fourth-order valence-corrected chi connectivity index (χ4v) is 5.03. The molecule has 0 bridgehead atoms. The Hall–Kier alpha value is -2.38. The standard InChI is InChI=1S/C24H16Cl4F2N2O2/c1-32(17-5-2-14(29)3-6-17)23(34)18-11-16(4-7-19(18)26)31-22(33)21-20(24(21,27)28)12-8-13(25)10-15(30)9-12/h2-11,20-21H,1H3,(H,31,33)/t20-,21+/m0/s1. The molecule has 1 N–H and O–H groups in total. The molecule has 1 fully saturated rings. The number of amides is 2. The zero-order valence-electron chi connectivity index (χ0n) is 17.5. The summed E-state index contributed by atoms with van der Waals surface area (Å²) >= 11 is 24.8. The zero-order chi connectivity index (χ0) is 24.8. The summed E-state index contributed by atoms with van der Waals surface area (Å²) in [7, 11) is 1.52. The van der Waals surface area contributed by atoms with Crippen LogP contribution in [0.2, 0.25) is 10.0 Å². The van der Waals surface area contributed by atoms with Gasteiger partial charge in [0, 0.05) is 29.4 Å². The second-order valence-electron chi connectivity index (χ2n) is 7.86. The summed E-state index contributed by atoms with van der Waals surface area (Å²) in [4.78, 5) is 27.2. The lowest BCUT2D eigenvalue weighted by molar-refractivity contribution is -0.117. The summed E-state index contributed by atoms with van der Waals surface area (Å²) in [5.41, 5.74) is 1.28. The van der Waals surface area contributed by atoms with E-state index >= 15 is 0 Å². The van der Waals surface area contributed by atoms with Gasteiger partial charge in [-0.05, 0) is 66.2 Å². The zero-order valence-corrected chi connectivity index (χ0v) is 20.5. The highest BCUT2D eigenvalue weighted by Crippen LogP contribution is 2.65. The molecule has 1 saturated carbocycles. The van der Waals surface area contributed by atoms with Crippen LogP contribution in [0.15, 0.2) is 60.7 Å². The van der Waals surface area contributed by atoms with Crippen molar-refractivity contribution in [3.8, 4) is 0 Å². The molecule has 10 heteroatoms. The molecule has 34 heavy (non-hydrogen) atoms. The SMILES string of the molecule is CN(C(=O)c1cc(NC(=O)[C@H]2[C@H](c3cc(F)cc(Cl)c3)C2(Cl)Cl)ccc1Cl)c1ccc(F)cc1. The van der Waals surface area contributed by atoms with Crippen LogP contribution in [-0.2, 0) is 4.79 Å². The molecular weight excluding hydrogens is 528 g/mol. The predicted octanol–water partition coefficient (Wildman–Crippen LogP) is 7.07. The predicted molar refractivity (Wildman–Crippen MR) is 131 cm³/mol. The second kappa shape index (κ2) is 9.34. The third kappa shape index (κ3) is 4.86. The fourth-order valence-electron chi connectivity index (χ4n) is 3.77. The van der Waals surface area contributed by atoms with E-state index in [9.17, 15) is 18.4 Å². The average molecular weight is 544 g/mol. The lowest BCUT2D eigenvalue weighted by Crippen LogP contribution is -2.26. The number of nitrogens with zero attached hydrogens (tertiary/aromatic N) is 1. The minimum absolute atomic E-state index is 0.124. The molecule has 2 amide bonds. The van der Waals surface area contributed by atoms with Crippen LogP contribution in [-0.4, -0.2) is 23.2 Å². The lowest BCUT2D eigenvalue weighted by Gasteiger charge is -2.18. The minimum Gasteiger partial charge on any atom is -0.326 e. The number of anilines is 2. The molecule has 1 aliphatic carbocycles. The number of hydrogen-bond donors (Lipinski definition) is 1. The Morgan fingerprint density at radius 1 is 0.941 bits per heavy atom. The van der Waals surface area contributed by atoms with Crippen molar-refractivity contribution in [2.24, 2.45) is 5.92 Å². The van der Waals surface area contributed by atoms with Gasteiger partial charge in [0.1, 0.15) is 16.0 Å². The van der Waals surface area contributed by atoms with Crippen LogP contribution in [0, 0.1) is 17.6 Å². The number of nitrogens with one attached hydrogen (secondary N) is 1. The number of carbonyl (C=O) groups excluding carboxylic acids is 2.